The Balaban J connectivity index is 2.93. The van der Waals surface area contributed by atoms with Crippen molar-refractivity contribution in [1.82, 2.24) is 0 Å². The molecule has 0 radical (unpaired) electrons. The minimum Gasteiger partial charge on any atom is -0.367 e. The van der Waals surface area contributed by atoms with Crippen LogP contribution >= 0.6 is 11.6 Å². The number of hydrogen-bond donors (Lipinski definition) is 2. The van der Waals surface area contributed by atoms with E-state index in [-0.39, 0.29) is 11.5 Å². The van der Waals surface area contributed by atoms with Crippen LogP contribution in [0.1, 0.15) is 5.56 Å². The molecule has 74 valence electrons. The molecule has 0 amide bonds. The average Bonchev–Trinajstić information content (AvgIpc) is 2.16. The van der Waals surface area contributed by atoms with E-state index in [4.69, 9.17) is 23.2 Å². The highest BCUT2D eigenvalue weighted by atomic mass is 35.5. The first-order chi connectivity index (χ1) is 6.63. The van der Waals surface area contributed by atoms with Crippen molar-refractivity contribution in [3.8, 4) is 0 Å². The molecule has 0 fully saturated rings. The van der Waals surface area contributed by atoms with E-state index in [9.17, 15) is 4.39 Å². The van der Waals surface area contributed by atoms with E-state index in [1.165, 1.54) is 18.3 Å². The molecule has 0 atom stereocenters. The molecule has 0 heterocycles. The van der Waals surface area contributed by atoms with Gasteiger partial charge in [-0.25, -0.2) is 9.38 Å². The summed E-state index contributed by atoms with van der Waals surface area (Å²) in [4.78, 5) is 3.60. The van der Waals surface area contributed by atoms with E-state index >= 15 is 0 Å². The Kier molecular flexibility index (Phi) is 3.41. The van der Waals surface area contributed by atoms with Gasteiger partial charge >= 0.3 is 0 Å². The zero-order chi connectivity index (χ0) is 10.6. The predicted molar refractivity (Wildman–Crippen MR) is 54.8 cm³/mol. The van der Waals surface area contributed by atoms with Crippen molar-refractivity contribution in [1.29, 1.82) is 0 Å². The molecule has 4 nitrogen and oxygen atoms in total. The standard InChI is InChI=1S/C8H8ClFN4/c9-6-2-1-5(7(10)3-6)4-13-8(11)14-12/h1-4H,12H2,(H2,11,14). The third-order valence-corrected chi connectivity index (χ3v) is 1.67. The zero-order valence-corrected chi connectivity index (χ0v) is 7.87. The smallest absolute Gasteiger partial charge is 0.236 e. The SMILES string of the molecule is NN=C(N)N=Cc1ccc(Cl)cc1F. The molecule has 1 rings (SSSR count). The first-order valence-electron chi connectivity index (χ1n) is 3.66. The van der Waals surface area contributed by atoms with Crippen LogP contribution in [-0.2, 0) is 0 Å². The first kappa shape index (κ1) is 10.5. The second-order valence-electron chi connectivity index (χ2n) is 2.41. The van der Waals surface area contributed by atoms with Gasteiger partial charge in [0.05, 0.1) is 0 Å². The Morgan fingerprint density at radius 2 is 2.21 bits per heavy atom. The molecule has 1 aromatic rings. The summed E-state index contributed by atoms with van der Waals surface area (Å²) in [5.74, 6) is 4.23. The van der Waals surface area contributed by atoms with Gasteiger partial charge in [0.25, 0.3) is 0 Å². The molecular weight excluding hydrogens is 207 g/mol. The van der Waals surface area contributed by atoms with Gasteiger partial charge in [0, 0.05) is 16.8 Å². The normalized spacial score (nSPS) is 12.3. The van der Waals surface area contributed by atoms with Crippen molar-refractivity contribution in [3.05, 3.63) is 34.6 Å². The van der Waals surface area contributed by atoms with Crippen LogP contribution in [0.15, 0.2) is 28.3 Å². The number of hydrazone groups is 1. The average molecular weight is 215 g/mol. The molecule has 6 heteroatoms. The predicted octanol–water partition coefficient (Wildman–Crippen LogP) is 1.09. The van der Waals surface area contributed by atoms with Gasteiger partial charge in [-0.05, 0) is 18.2 Å². The highest BCUT2D eigenvalue weighted by Gasteiger charge is 1.99. The molecule has 1 aromatic carbocycles. The summed E-state index contributed by atoms with van der Waals surface area (Å²) in [6, 6.07) is 4.20. The Morgan fingerprint density at radius 1 is 1.50 bits per heavy atom. The third-order valence-electron chi connectivity index (χ3n) is 1.43. The number of nitrogens with zero attached hydrogens (tertiary/aromatic N) is 2. The number of aliphatic imine (C=N–C) groups is 1. The Bertz CT molecular complexity index is 389. The van der Waals surface area contributed by atoms with Crippen molar-refractivity contribution in [2.24, 2.45) is 21.7 Å². The van der Waals surface area contributed by atoms with Crippen LogP contribution in [0.4, 0.5) is 4.39 Å². The molecule has 0 aliphatic carbocycles. The molecule has 0 saturated carbocycles. The van der Waals surface area contributed by atoms with E-state index in [0.29, 0.717) is 5.02 Å². The van der Waals surface area contributed by atoms with Crippen LogP contribution in [-0.4, -0.2) is 12.2 Å². The van der Waals surface area contributed by atoms with Gasteiger partial charge in [-0.1, -0.05) is 11.6 Å². The van der Waals surface area contributed by atoms with Gasteiger partial charge in [-0.3, -0.25) is 0 Å². The Labute approximate surface area is 85.1 Å². The summed E-state index contributed by atoms with van der Waals surface area (Å²) < 4.78 is 13.1. The van der Waals surface area contributed by atoms with E-state index in [0.717, 1.165) is 0 Å². The van der Waals surface area contributed by atoms with Gasteiger partial charge in [-0.15, -0.1) is 5.10 Å². The van der Waals surface area contributed by atoms with Crippen LogP contribution in [0.2, 0.25) is 5.02 Å². The molecule has 4 N–H and O–H groups in total. The van der Waals surface area contributed by atoms with Crippen LogP contribution in [0, 0.1) is 5.82 Å². The highest BCUT2D eigenvalue weighted by Crippen LogP contribution is 2.12. The van der Waals surface area contributed by atoms with E-state index in [2.05, 4.69) is 10.1 Å². The lowest BCUT2D eigenvalue weighted by Crippen LogP contribution is -2.11. The van der Waals surface area contributed by atoms with Gasteiger partial charge in [0.2, 0.25) is 5.96 Å². The minimum atomic E-state index is -0.480. The number of halogens is 2. The monoisotopic (exact) mass is 214 g/mol. The topological polar surface area (TPSA) is 76.8 Å². The van der Waals surface area contributed by atoms with Gasteiger partial charge < -0.3 is 11.6 Å². The van der Waals surface area contributed by atoms with Crippen molar-refractivity contribution < 1.29 is 4.39 Å². The summed E-state index contributed by atoms with van der Waals surface area (Å²) >= 11 is 5.55. The van der Waals surface area contributed by atoms with Crippen molar-refractivity contribution in [2.45, 2.75) is 0 Å². The third kappa shape index (κ3) is 2.70. The summed E-state index contributed by atoms with van der Waals surface area (Å²) in [6.07, 6.45) is 1.22. The molecule has 0 aliphatic rings. The summed E-state index contributed by atoms with van der Waals surface area (Å²) in [6.45, 7) is 0. The van der Waals surface area contributed by atoms with E-state index < -0.39 is 5.82 Å². The van der Waals surface area contributed by atoms with Crippen LogP contribution in [0.25, 0.3) is 0 Å². The maximum absolute atomic E-state index is 13.1. The van der Waals surface area contributed by atoms with Gasteiger partial charge in [0.1, 0.15) is 5.82 Å². The fourth-order valence-corrected chi connectivity index (χ4v) is 0.934. The molecule has 0 unspecified atom stereocenters. The Morgan fingerprint density at radius 3 is 2.79 bits per heavy atom. The summed E-state index contributed by atoms with van der Waals surface area (Å²) in [5, 5.41) is 3.42. The van der Waals surface area contributed by atoms with Crippen molar-refractivity contribution >= 4 is 23.8 Å². The summed E-state index contributed by atoms with van der Waals surface area (Å²) in [7, 11) is 0. The maximum Gasteiger partial charge on any atom is 0.236 e. The van der Waals surface area contributed by atoms with Gasteiger partial charge in [0.15, 0.2) is 0 Å². The van der Waals surface area contributed by atoms with Crippen LogP contribution in [0.3, 0.4) is 0 Å². The molecule has 0 aromatic heterocycles. The lowest BCUT2D eigenvalue weighted by molar-refractivity contribution is 0.626. The maximum atomic E-state index is 13.1. The second-order valence-corrected chi connectivity index (χ2v) is 2.85. The quantitative estimate of drug-likeness (QED) is 0.318. The molecular formula is C8H8ClFN4. The second kappa shape index (κ2) is 4.57. The zero-order valence-electron chi connectivity index (χ0n) is 7.11. The van der Waals surface area contributed by atoms with Crippen LogP contribution in [0.5, 0.6) is 0 Å². The number of rotatable bonds is 1. The number of benzene rings is 1. The first-order valence-corrected chi connectivity index (χ1v) is 4.03. The van der Waals surface area contributed by atoms with Gasteiger partial charge in [-0.2, -0.15) is 0 Å². The molecule has 0 bridgehead atoms. The molecule has 0 spiro atoms. The molecule has 0 saturated heterocycles. The van der Waals surface area contributed by atoms with E-state index in [1.54, 1.807) is 6.07 Å². The highest BCUT2D eigenvalue weighted by molar-refractivity contribution is 6.30. The van der Waals surface area contributed by atoms with Crippen molar-refractivity contribution in [2.75, 3.05) is 0 Å². The number of guanidine groups is 1. The fraction of sp³-hybridized carbons (Fsp3) is 0. The number of hydrogen-bond acceptors (Lipinski definition) is 2. The van der Waals surface area contributed by atoms with E-state index in [1.807, 2.05) is 0 Å². The largest absolute Gasteiger partial charge is 0.367 e. The minimum absolute atomic E-state index is 0.126. The lowest BCUT2D eigenvalue weighted by Gasteiger charge is -1.96. The fourth-order valence-electron chi connectivity index (χ4n) is 0.775. The Hall–Kier alpha value is -1.62. The molecule has 14 heavy (non-hydrogen) atoms. The molecule has 0 aliphatic heterocycles. The number of nitrogens with two attached hydrogens (primary N) is 2. The van der Waals surface area contributed by atoms with Crippen LogP contribution < -0.4 is 11.6 Å². The van der Waals surface area contributed by atoms with Crippen molar-refractivity contribution in [3.63, 3.8) is 0 Å². The summed E-state index contributed by atoms with van der Waals surface area (Å²) in [5.41, 5.74) is 5.44. The lowest BCUT2D eigenvalue weighted by atomic mass is 10.2.